The lowest BCUT2D eigenvalue weighted by molar-refractivity contribution is -0.116. The maximum absolute atomic E-state index is 11.3. The van der Waals surface area contributed by atoms with E-state index in [1.165, 1.54) is 0 Å². The maximum atomic E-state index is 11.3. The highest BCUT2D eigenvalue weighted by Crippen LogP contribution is 2.49. The molecule has 0 bridgehead atoms. The van der Waals surface area contributed by atoms with Gasteiger partial charge in [-0.3, -0.25) is 4.79 Å². The van der Waals surface area contributed by atoms with Crippen molar-refractivity contribution in [2.45, 2.75) is 11.3 Å². The number of alkyl halides is 2. The van der Waals surface area contributed by atoms with Crippen molar-refractivity contribution in [2.75, 3.05) is 0 Å². The third kappa shape index (κ3) is 1.20. The van der Waals surface area contributed by atoms with Gasteiger partial charge >= 0.3 is 0 Å². The van der Waals surface area contributed by atoms with Gasteiger partial charge in [0.15, 0.2) is 5.78 Å². The van der Waals surface area contributed by atoms with Crippen molar-refractivity contribution in [3.63, 3.8) is 0 Å². The van der Waals surface area contributed by atoms with Crippen molar-refractivity contribution < 1.29 is 4.79 Å². The van der Waals surface area contributed by atoms with Gasteiger partial charge in [-0.1, -0.05) is 53.5 Å². The van der Waals surface area contributed by atoms with Gasteiger partial charge in [-0.15, -0.1) is 0 Å². The van der Waals surface area contributed by atoms with Crippen LogP contribution in [-0.2, 0) is 4.79 Å². The van der Waals surface area contributed by atoms with Crippen LogP contribution < -0.4 is 0 Å². The summed E-state index contributed by atoms with van der Waals surface area (Å²) >= 11 is 11.8. The standard InChI is InChI=1S/C11H8Cl2O/c1-7-9(11(12,13)10(7)14)8-5-3-2-4-6-8/h2-6H,1H3. The van der Waals surface area contributed by atoms with Crippen LogP contribution in [-0.4, -0.2) is 10.1 Å². The van der Waals surface area contributed by atoms with Crippen LogP contribution in [0.2, 0.25) is 0 Å². The fourth-order valence-electron chi connectivity index (χ4n) is 1.64. The Kier molecular flexibility index (Phi) is 2.17. The van der Waals surface area contributed by atoms with Gasteiger partial charge in [-0.05, 0) is 12.5 Å². The summed E-state index contributed by atoms with van der Waals surface area (Å²) in [6.07, 6.45) is 0. The van der Waals surface area contributed by atoms with E-state index < -0.39 is 4.33 Å². The minimum absolute atomic E-state index is 0.195. The molecule has 0 spiro atoms. The van der Waals surface area contributed by atoms with Crippen molar-refractivity contribution in [1.29, 1.82) is 0 Å². The second kappa shape index (κ2) is 3.11. The van der Waals surface area contributed by atoms with Crippen LogP contribution in [0.1, 0.15) is 12.5 Å². The summed E-state index contributed by atoms with van der Waals surface area (Å²) in [7, 11) is 0. The molecule has 0 saturated carbocycles. The number of carbonyl (C=O) groups is 1. The molecule has 0 heterocycles. The second-order valence-electron chi connectivity index (χ2n) is 3.27. The molecule has 0 atom stereocenters. The summed E-state index contributed by atoms with van der Waals surface area (Å²) in [5.41, 5.74) is 2.29. The Morgan fingerprint density at radius 1 is 1.14 bits per heavy atom. The van der Waals surface area contributed by atoms with Crippen molar-refractivity contribution >= 4 is 34.6 Å². The highest BCUT2D eigenvalue weighted by molar-refractivity contribution is 6.69. The molecule has 0 saturated heterocycles. The summed E-state index contributed by atoms with van der Waals surface area (Å²) in [5, 5.41) is 0. The van der Waals surface area contributed by atoms with Gasteiger partial charge < -0.3 is 0 Å². The molecule has 0 amide bonds. The lowest BCUT2D eigenvalue weighted by Crippen LogP contribution is -2.39. The van der Waals surface area contributed by atoms with Gasteiger partial charge in [0.05, 0.1) is 0 Å². The number of allylic oxidation sites excluding steroid dienone is 2. The highest BCUT2D eigenvalue weighted by Gasteiger charge is 2.49. The van der Waals surface area contributed by atoms with Crippen LogP contribution >= 0.6 is 23.2 Å². The van der Waals surface area contributed by atoms with E-state index in [1.54, 1.807) is 6.92 Å². The molecular weight excluding hydrogens is 219 g/mol. The Bertz CT molecular complexity index is 418. The minimum atomic E-state index is -1.34. The van der Waals surface area contributed by atoms with Crippen LogP contribution in [0.3, 0.4) is 0 Å². The van der Waals surface area contributed by atoms with E-state index >= 15 is 0 Å². The number of benzene rings is 1. The predicted octanol–water partition coefficient (Wildman–Crippen LogP) is 3.22. The van der Waals surface area contributed by atoms with Gasteiger partial charge in [-0.25, -0.2) is 0 Å². The van der Waals surface area contributed by atoms with Crippen molar-refractivity contribution in [1.82, 2.24) is 0 Å². The molecule has 1 aliphatic carbocycles. The van der Waals surface area contributed by atoms with Gasteiger partial charge in [0.2, 0.25) is 4.33 Å². The second-order valence-corrected chi connectivity index (χ2v) is 4.60. The van der Waals surface area contributed by atoms with Crippen molar-refractivity contribution in [2.24, 2.45) is 0 Å². The number of rotatable bonds is 1. The summed E-state index contributed by atoms with van der Waals surface area (Å²) in [4.78, 5) is 11.3. The molecule has 1 nitrogen and oxygen atoms in total. The number of hydrogen-bond donors (Lipinski definition) is 0. The summed E-state index contributed by atoms with van der Waals surface area (Å²) in [6.45, 7) is 1.74. The van der Waals surface area contributed by atoms with E-state index in [-0.39, 0.29) is 5.78 Å². The summed E-state index contributed by atoms with van der Waals surface area (Å²) in [5.74, 6) is -0.195. The largest absolute Gasteiger partial charge is 0.291 e. The average Bonchev–Trinajstić information content (AvgIpc) is 2.18. The van der Waals surface area contributed by atoms with Crippen LogP contribution in [0.15, 0.2) is 35.9 Å². The first-order chi connectivity index (χ1) is 6.55. The normalized spacial score (nSPS) is 19.5. The van der Waals surface area contributed by atoms with E-state index in [9.17, 15) is 4.79 Å². The zero-order valence-electron chi connectivity index (χ0n) is 7.55. The Hall–Kier alpha value is -0.790. The zero-order chi connectivity index (χ0) is 10.3. The first-order valence-corrected chi connectivity index (χ1v) is 5.00. The van der Waals surface area contributed by atoms with Crippen molar-refractivity contribution in [3.05, 3.63) is 41.5 Å². The Morgan fingerprint density at radius 2 is 1.71 bits per heavy atom. The summed E-state index contributed by atoms with van der Waals surface area (Å²) in [6, 6.07) is 9.48. The molecule has 0 radical (unpaired) electrons. The molecule has 14 heavy (non-hydrogen) atoms. The molecule has 72 valence electrons. The molecule has 3 heteroatoms. The van der Waals surface area contributed by atoms with E-state index in [2.05, 4.69) is 0 Å². The molecule has 1 aromatic carbocycles. The molecule has 1 aromatic rings. The van der Waals surface area contributed by atoms with Gasteiger partial charge in [-0.2, -0.15) is 0 Å². The first kappa shape index (κ1) is 9.75. The average molecular weight is 227 g/mol. The SMILES string of the molecule is CC1=C(c2ccccc2)C(Cl)(Cl)C1=O. The quantitative estimate of drug-likeness (QED) is 0.673. The molecule has 1 aliphatic rings. The van der Waals surface area contributed by atoms with Gasteiger partial charge in [0.25, 0.3) is 0 Å². The van der Waals surface area contributed by atoms with Crippen LogP contribution in [0, 0.1) is 0 Å². The number of ketones is 1. The van der Waals surface area contributed by atoms with E-state index in [4.69, 9.17) is 23.2 Å². The molecule has 0 aliphatic heterocycles. The predicted molar refractivity (Wildman–Crippen MR) is 58.5 cm³/mol. The molecule has 0 aromatic heterocycles. The third-order valence-electron chi connectivity index (χ3n) is 2.38. The van der Waals surface area contributed by atoms with Crippen LogP contribution in [0.4, 0.5) is 0 Å². The smallest absolute Gasteiger partial charge is 0.206 e. The minimum Gasteiger partial charge on any atom is -0.291 e. The Balaban J connectivity index is 2.53. The molecule has 0 fully saturated rings. The maximum Gasteiger partial charge on any atom is 0.206 e. The fourth-order valence-corrected chi connectivity index (χ4v) is 2.42. The lowest BCUT2D eigenvalue weighted by atomic mass is 9.82. The molecular formula is C11H8Cl2O. The number of hydrogen-bond acceptors (Lipinski definition) is 1. The van der Waals surface area contributed by atoms with Crippen molar-refractivity contribution in [3.8, 4) is 0 Å². The van der Waals surface area contributed by atoms with E-state index in [1.807, 2.05) is 30.3 Å². The summed E-state index contributed by atoms with van der Waals surface area (Å²) < 4.78 is -1.34. The molecule has 2 rings (SSSR count). The molecule has 0 unspecified atom stereocenters. The zero-order valence-corrected chi connectivity index (χ0v) is 9.06. The van der Waals surface area contributed by atoms with Crippen LogP contribution in [0.25, 0.3) is 5.57 Å². The van der Waals surface area contributed by atoms with Gasteiger partial charge in [0, 0.05) is 11.1 Å². The number of carbonyl (C=O) groups excluding carboxylic acids is 1. The Morgan fingerprint density at radius 3 is 2.21 bits per heavy atom. The monoisotopic (exact) mass is 226 g/mol. The molecule has 0 N–H and O–H groups in total. The first-order valence-electron chi connectivity index (χ1n) is 4.24. The Labute approximate surface area is 92.3 Å². The van der Waals surface area contributed by atoms with Crippen LogP contribution in [0.5, 0.6) is 0 Å². The lowest BCUT2D eigenvalue weighted by Gasteiger charge is -2.33. The third-order valence-corrected chi connectivity index (χ3v) is 3.10. The van der Waals surface area contributed by atoms with E-state index in [0.29, 0.717) is 5.57 Å². The van der Waals surface area contributed by atoms with Gasteiger partial charge in [0.1, 0.15) is 0 Å². The fraction of sp³-hybridized carbons (Fsp3) is 0.182. The number of halogens is 2. The number of Topliss-reactive ketones (excluding diaryl/α,β-unsaturated/α-hetero) is 1. The van der Waals surface area contributed by atoms with E-state index in [0.717, 1.165) is 11.1 Å². The highest BCUT2D eigenvalue weighted by atomic mass is 35.5. The topological polar surface area (TPSA) is 17.1 Å².